The van der Waals surface area contributed by atoms with Crippen LogP contribution in [0.15, 0.2) is 40.9 Å². The number of ether oxygens (including phenoxy) is 1. The van der Waals surface area contributed by atoms with Crippen LogP contribution in [0.1, 0.15) is 0 Å². The number of halogens is 2. The second kappa shape index (κ2) is 4.63. The van der Waals surface area contributed by atoms with Crippen LogP contribution in [0.4, 0.5) is 15.8 Å². The van der Waals surface area contributed by atoms with Crippen molar-refractivity contribution in [3.63, 3.8) is 0 Å². The predicted octanol–water partition coefficient (Wildman–Crippen LogP) is 3.54. The molecule has 2 aromatic rings. The molecule has 88 valence electrons. The van der Waals surface area contributed by atoms with Gasteiger partial charge in [0.2, 0.25) is 0 Å². The normalized spacial score (nSPS) is 10.2. The second-order valence-corrected chi connectivity index (χ2v) is 4.38. The van der Waals surface area contributed by atoms with Gasteiger partial charge < -0.3 is 16.2 Å². The molecule has 0 aromatic heterocycles. The van der Waals surface area contributed by atoms with Crippen LogP contribution in [0.5, 0.6) is 11.5 Å². The summed E-state index contributed by atoms with van der Waals surface area (Å²) in [6, 6.07) is 9.25. The Balaban J connectivity index is 2.31. The third-order valence-electron chi connectivity index (χ3n) is 2.18. The average Bonchev–Trinajstić information content (AvgIpc) is 2.29. The fourth-order valence-electron chi connectivity index (χ4n) is 1.30. The van der Waals surface area contributed by atoms with Crippen LogP contribution in [0.25, 0.3) is 0 Å². The van der Waals surface area contributed by atoms with Gasteiger partial charge in [-0.05, 0) is 30.3 Å². The SMILES string of the molecule is Nc1ccc(Oc2cc(Br)ccc2F)cc1N. The van der Waals surface area contributed by atoms with Crippen molar-refractivity contribution in [1.29, 1.82) is 0 Å². The molecule has 3 nitrogen and oxygen atoms in total. The molecule has 0 aliphatic heterocycles. The van der Waals surface area contributed by atoms with E-state index in [9.17, 15) is 4.39 Å². The maximum atomic E-state index is 13.4. The van der Waals surface area contributed by atoms with Crippen molar-refractivity contribution in [2.24, 2.45) is 0 Å². The highest BCUT2D eigenvalue weighted by Crippen LogP contribution is 2.29. The Kier molecular flexibility index (Phi) is 3.19. The number of benzene rings is 2. The van der Waals surface area contributed by atoms with Gasteiger partial charge in [0.1, 0.15) is 5.75 Å². The van der Waals surface area contributed by atoms with Gasteiger partial charge in [0.25, 0.3) is 0 Å². The van der Waals surface area contributed by atoms with Gasteiger partial charge in [-0.2, -0.15) is 0 Å². The smallest absolute Gasteiger partial charge is 0.165 e. The lowest BCUT2D eigenvalue weighted by molar-refractivity contribution is 0.442. The minimum Gasteiger partial charge on any atom is -0.454 e. The first kappa shape index (κ1) is 11.7. The molecule has 0 aliphatic carbocycles. The van der Waals surface area contributed by atoms with Crippen molar-refractivity contribution in [2.45, 2.75) is 0 Å². The Labute approximate surface area is 106 Å². The summed E-state index contributed by atoms with van der Waals surface area (Å²) in [4.78, 5) is 0. The van der Waals surface area contributed by atoms with Crippen molar-refractivity contribution in [3.8, 4) is 11.5 Å². The fourth-order valence-corrected chi connectivity index (χ4v) is 1.64. The molecule has 0 radical (unpaired) electrons. The van der Waals surface area contributed by atoms with E-state index in [-0.39, 0.29) is 5.75 Å². The first-order chi connectivity index (χ1) is 8.06. The van der Waals surface area contributed by atoms with E-state index < -0.39 is 5.82 Å². The highest BCUT2D eigenvalue weighted by atomic mass is 79.9. The number of anilines is 2. The van der Waals surface area contributed by atoms with E-state index in [2.05, 4.69) is 15.9 Å². The third-order valence-corrected chi connectivity index (χ3v) is 2.67. The van der Waals surface area contributed by atoms with Gasteiger partial charge in [-0.15, -0.1) is 0 Å². The molecule has 0 heterocycles. The van der Waals surface area contributed by atoms with Gasteiger partial charge in [-0.1, -0.05) is 15.9 Å². The summed E-state index contributed by atoms with van der Waals surface area (Å²) in [7, 11) is 0. The summed E-state index contributed by atoms with van der Waals surface area (Å²) in [6.07, 6.45) is 0. The van der Waals surface area contributed by atoms with Crippen molar-refractivity contribution in [3.05, 3.63) is 46.7 Å². The highest BCUT2D eigenvalue weighted by Gasteiger charge is 2.06. The van der Waals surface area contributed by atoms with Crippen LogP contribution in [-0.4, -0.2) is 0 Å². The first-order valence-corrected chi connectivity index (χ1v) is 5.63. The number of nitrogen functional groups attached to an aromatic ring is 2. The van der Waals surface area contributed by atoms with E-state index in [1.807, 2.05) is 0 Å². The molecule has 0 atom stereocenters. The van der Waals surface area contributed by atoms with E-state index >= 15 is 0 Å². The largest absolute Gasteiger partial charge is 0.454 e. The van der Waals surface area contributed by atoms with Crippen LogP contribution in [0, 0.1) is 5.82 Å². The highest BCUT2D eigenvalue weighted by molar-refractivity contribution is 9.10. The first-order valence-electron chi connectivity index (χ1n) is 4.84. The third kappa shape index (κ3) is 2.68. The summed E-state index contributed by atoms with van der Waals surface area (Å²) in [6.45, 7) is 0. The Bertz CT molecular complexity index is 560. The van der Waals surface area contributed by atoms with Gasteiger partial charge in [-0.3, -0.25) is 0 Å². The van der Waals surface area contributed by atoms with E-state index in [1.165, 1.54) is 6.07 Å². The number of nitrogens with two attached hydrogens (primary N) is 2. The van der Waals surface area contributed by atoms with Crippen LogP contribution in [0.2, 0.25) is 0 Å². The second-order valence-electron chi connectivity index (χ2n) is 3.47. The number of rotatable bonds is 2. The topological polar surface area (TPSA) is 61.3 Å². The molecule has 2 rings (SSSR count). The van der Waals surface area contributed by atoms with Gasteiger partial charge >= 0.3 is 0 Å². The van der Waals surface area contributed by atoms with Crippen molar-refractivity contribution < 1.29 is 9.13 Å². The Hall–Kier alpha value is -1.75. The summed E-state index contributed by atoms with van der Waals surface area (Å²) in [5.41, 5.74) is 12.1. The maximum absolute atomic E-state index is 13.4. The van der Waals surface area contributed by atoms with Crippen LogP contribution < -0.4 is 16.2 Å². The molecule has 5 heteroatoms. The summed E-state index contributed by atoms with van der Waals surface area (Å²) >= 11 is 3.24. The molecule has 4 N–H and O–H groups in total. The lowest BCUT2D eigenvalue weighted by Crippen LogP contribution is -1.95. The zero-order chi connectivity index (χ0) is 12.4. The monoisotopic (exact) mass is 296 g/mol. The van der Waals surface area contributed by atoms with Crippen molar-refractivity contribution >= 4 is 27.3 Å². The summed E-state index contributed by atoms with van der Waals surface area (Å²) < 4.78 is 19.6. The number of hydrogen-bond acceptors (Lipinski definition) is 3. The van der Waals surface area contributed by atoms with E-state index in [4.69, 9.17) is 16.2 Å². The number of hydrogen-bond donors (Lipinski definition) is 2. The molecule has 0 bridgehead atoms. The average molecular weight is 297 g/mol. The molecule has 0 spiro atoms. The van der Waals surface area contributed by atoms with Gasteiger partial charge in [0.05, 0.1) is 11.4 Å². The van der Waals surface area contributed by atoms with Gasteiger partial charge in [0.15, 0.2) is 11.6 Å². The quantitative estimate of drug-likeness (QED) is 0.833. The van der Waals surface area contributed by atoms with Crippen LogP contribution >= 0.6 is 15.9 Å². The lowest BCUT2D eigenvalue weighted by atomic mass is 10.2. The van der Waals surface area contributed by atoms with E-state index in [0.29, 0.717) is 17.1 Å². The Morgan fingerprint density at radius 3 is 2.47 bits per heavy atom. The lowest BCUT2D eigenvalue weighted by Gasteiger charge is -2.08. The standard InChI is InChI=1S/C12H10BrFN2O/c13-7-1-3-9(14)12(5-7)17-8-2-4-10(15)11(16)6-8/h1-6H,15-16H2. The van der Waals surface area contributed by atoms with Crippen LogP contribution in [0.3, 0.4) is 0 Å². The maximum Gasteiger partial charge on any atom is 0.165 e. The van der Waals surface area contributed by atoms with Crippen LogP contribution in [-0.2, 0) is 0 Å². The zero-order valence-corrected chi connectivity index (χ0v) is 10.4. The Morgan fingerprint density at radius 2 is 1.76 bits per heavy atom. The molecule has 2 aromatic carbocycles. The molecule has 0 unspecified atom stereocenters. The summed E-state index contributed by atoms with van der Waals surface area (Å²) in [5.74, 6) is 0.126. The van der Waals surface area contributed by atoms with Gasteiger partial charge in [-0.25, -0.2) is 4.39 Å². The minimum absolute atomic E-state index is 0.128. The summed E-state index contributed by atoms with van der Waals surface area (Å²) in [5, 5.41) is 0. The molecular formula is C12H10BrFN2O. The zero-order valence-electron chi connectivity index (χ0n) is 8.78. The molecule has 0 saturated carbocycles. The minimum atomic E-state index is -0.441. The van der Waals surface area contributed by atoms with Crippen molar-refractivity contribution in [2.75, 3.05) is 11.5 Å². The molecule has 0 fully saturated rings. The molecule has 0 saturated heterocycles. The predicted molar refractivity (Wildman–Crippen MR) is 69.4 cm³/mol. The molecule has 0 aliphatic rings. The fraction of sp³-hybridized carbons (Fsp3) is 0. The molecule has 17 heavy (non-hydrogen) atoms. The Morgan fingerprint density at radius 1 is 1.00 bits per heavy atom. The van der Waals surface area contributed by atoms with Crippen molar-refractivity contribution in [1.82, 2.24) is 0 Å². The molecule has 0 amide bonds. The molecular weight excluding hydrogens is 287 g/mol. The van der Waals surface area contributed by atoms with E-state index in [0.717, 1.165) is 4.47 Å². The van der Waals surface area contributed by atoms with E-state index in [1.54, 1.807) is 30.3 Å². The van der Waals surface area contributed by atoms with Gasteiger partial charge in [0, 0.05) is 10.5 Å².